The van der Waals surface area contributed by atoms with E-state index in [2.05, 4.69) is 17.6 Å². The minimum absolute atomic E-state index is 0.128. The minimum atomic E-state index is 0.128. The lowest BCUT2D eigenvalue weighted by molar-refractivity contribution is -0.120. The molecule has 1 amide bonds. The smallest absolute Gasteiger partial charge is 0.233 e. The van der Waals surface area contributed by atoms with Gasteiger partial charge in [0.2, 0.25) is 5.91 Å². The Kier molecular flexibility index (Phi) is 4.08. The molecule has 1 fully saturated rings. The second-order valence-electron chi connectivity index (χ2n) is 3.36. The van der Waals surface area contributed by atoms with Crippen molar-refractivity contribution in [3.8, 4) is 0 Å². The summed E-state index contributed by atoms with van der Waals surface area (Å²) in [6, 6.07) is 0.609. The molecule has 0 saturated heterocycles. The Labute approximate surface area is 73.9 Å². The molecule has 70 valence electrons. The van der Waals surface area contributed by atoms with Crippen molar-refractivity contribution in [2.24, 2.45) is 0 Å². The lowest BCUT2D eigenvalue weighted by atomic mass is 9.93. The van der Waals surface area contributed by atoms with E-state index in [1.54, 1.807) is 0 Å². The molecule has 0 aromatic rings. The molecule has 0 aliphatic heterocycles. The molecule has 0 heterocycles. The van der Waals surface area contributed by atoms with Crippen LogP contribution < -0.4 is 10.6 Å². The number of hydrogen-bond acceptors (Lipinski definition) is 2. The van der Waals surface area contributed by atoms with Crippen molar-refractivity contribution in [1.82, 2.24) is 10.6 Å². The maximum absolute atomic E-state index is 11.1. The van der Waals surface area contributed by atoms with Crippen molar-refractivity contribution in [1.29, 1.82) is 0 Å². The predicted octanol–water partition coefficient (Wildman–Crippen LogP) is 0.655. The highest BCUT2D eigenvalue weighted by Gasteiger charge is 2.16. The van der Waals surface area contributed by atoms with E-state index in [4.69, 9.17) is 0 Å². The van der Waals surface area contributed by atoms with Crippen molar-refractivity contribution < 1.29 is 4.79 Å². The van der Waals surface area contributed by atoms with E-state index in [1.807, 2.05) is 0 Å². The van der Waals surface area contributed by atoms with Crippen LogP contribution in [0.25, 0.3) is 0 Å². The number of carbonyl (C=O) groups excluding carboxylic acids is 1. The van der Waals surface area contributed by atoms with Gasteiger partial charge in [-0.05, 0) is 19.3 Å². The minimum Gasteiger partial charge on any atom is -0.355 e. The molecule has 0 unspecified atom stereocenters. The lowest BCUT2D eigenvalue weighted by Crippen LogP contribution is -2.42. The molecular formula is C9H18N2O. The highest BCUT2D eigenvalue weighted by atomic mass is 16.1. The van der Waals surface area contributed by atoms with E-state index in [-0.39, 0.29) is 5.91 Å². The molecule has 1 aliphatic rings. The number of hydrogen-bond donors (Lipinski definition) is 2. The van der Waals surface area contributed by atoms with Crippen molar-refractivity contribution in [3.05, 3.63) is 0 Å². The second kappa shape index (κ2) is 5.14. The van der Waals surface area contributed by atoms with E-state index >= 15 is 0 Å². The molecule has 0 bridgehead atoms. The van der Waals surface area contributed by atoms with Crippen molar-refractivity contribution in [2.75, 3.05) is 13.1 Å². The van der Waals surface area contributed by atoms with Crippen LogP contribution in [0.2, 0.25) is 0 Å². The van der Waals surface area contributed by atoms with E-state index in [1.165, 1.54) is 19.3 Å². The molecule has 3 heteroatoms. The first-order valence-electron chi connectivity index (χ1n) is 4.83. The number of rotatable bonds is 5. The highest BCUT2D eigenvalue weighted by molar-refractivity contribution is 5.77. The average molecular weight is 170 g/mol. The summed E-state index contributed by atoms with van der Waals surface area (Å²) in [6.07, 6.45) is 4.80. The fourth-order valence-corrected chi connectivity index (χ4v) is 1.18. The molecule has 3 nitrogen and oxygen atoms in total. The average Bonchev–Trinajstić information content (AvgIpc) is 1.98. The number of nitrogens with one attached hydrogen (secondary N) is 2. The first kappa shape index (κ1) is 9.52. The van der Waals surface area contributed by atoms with Crippen LogP contribution in [0.15, 0.2) is 0 Å². The number of amides is 1. The maximum Gasteiger partial charge on any atom is 0.233 e. The summed E-state index contributed by atoms with van der Waals surface area (Å²) in [5.74, 6) is 0.128. The summed E-state index contributed by atoms with van der Waals surface area (Å²) in [5, 5.41) is 6.05. The molecule has 2 N–H and O–H groups in total. The summed E-state index contributed by atoms with van der Waals surface area (Å²) >= 11 is 0. The monoisotopic (exact) mass is 170 g/mol. The normalized spacial score (nSPS) is 17.1. The third-order valence-electron chi connectivity index (χ3n) is 2.23. The predicted molar refractivity (Wildman–Crippen MR) is 48.9 cm³/mol. The van der Waals surface area contributed by atoms with Crippen molar-refractivity contribution in [3.63, 3.8) is 0 Å². The summed E-state index contributed by atoms with van der Waals surface area (Å²) in [6.45, 7) is 3.34. The molecule has 12 heavy (non-hydrogen) atoms. The van der Waals surface area contributed by atoms with Crippen molar-refractivity contribution >= 4 is 5.91 Å². The zero-order valence-corrected chi connectivity index (χ0v) is 7.73. The van der Waals surface area contributed by atoms with Gasteiger partial charge in [0.1, 0.15) is 0 Å². The lowest BCUT2D eigenvalue weighted by Gasteiger charge is -2.26. The quantitative estimate of drug-likeness (QED) is 0.636. The van der Waals surface area contributed by atoms with Gasteiger partial charge < -0.3 is 10.6 Å². The first-order valence-corrected chi connectivity index (χ1v) is 4.83. The molecule has 0 atom stereocenters. The van der Waals surface area contributed by atoms with Gasteiger partial charge in [-0.1, -0.05) is 13.3 Å². The van der Waals surface area contributed by atoms with Crippen LogP contribution >= 0.6 is 0 Å². The summed E-state index contributed by atoms with van der Waals surface area (Å²) in [5.41, 5.74) is 0. The summed E-state index contributed by atoms with van der Waals surface area (Å²) in [7, 11) is 0. The van der Waals surface area contributed by atoms with Gasteiger partial charge in [-0.15, -0.1) is 0 Å². The fraction of sp³-hybridized carbons (Fsp3) is 0.889. The van der Waals surface area contributed by atoms with E-state index in [0.29, 0.717) is 12.6 Å². The SMILES string of the molecule is CCCNC(=O)CNC1CCC1. The van der Waals surface area contributed by atoms with Crippen LogP contribution in [-0.4, -0.2) is 25.0 Å². The van der Waals surface area contributed by atoms with Crippen molar-refractivity contribution in [2.45, 2.75) is 38.6 Å². The van der Waals surface area contributed by atoms with Gasteiger partial charge in [-0.3, -0.25) is 4.79 Å². The molecule has 0 aromatic heterocycles. The maximum atomic E-state index is 11.1. The summed E-state index contributed by atoms with van der Waals surface area (Å²) < 4.78 is 0. The molecule has 1 aliphatic carbocycles. The topological polar surface area (TPSA) is 41.1 Å². The molecule has 0 spiro atoms. The third kappa shape index (κ3) is 3.22. The molecule has 0 radical (unpaired) electrons. The van der Waals surface area contributed by atoms with E-state index < -0.39 is 0 Å². The van der Waals surface area contributed by atoms with Gasteiger partial charge in [-0.2, -0.15) is 0 Å². The van der Waals surface area contributed by atoms with Crippen LogP contribution in [0.1, 0.15) is 32.6 Å². The largest absolute Gasteiger partial charge is 0.355 e. The molecular weight excluding hydrogens is 152 g/mol. The Morgan fingerprint density at radius 3 is 2.75 bits per heavy atom. The highest BCUT2D eigenvalue weighted by Crippen LogP contribution is 2.17. The van der Waals surface area contributed by atoms with Crippen LogP contribution in [0, 0.1) is 0 Å². The molecule has 0 aromatic carbocycles. The zero-order chi connectivity index (χ0) is 8.81. The van der Waals surface area contributed by atoms with Gasteiger partial charge in [0, 0.05) is 12.6 Å². The van der Waals surface area contributed by atoms with Gasteiger partial charge in [0.25, 0.3) is 0 Å². The Morgan fingerprint density at radius 2 is 2.25 bits per heavy atom. The molecule has 1 rings (SSSR count). The number of carbonyl (C=O) groups is 1. The third-order valence-corrected chi connectivity index (χ3v) is 2.23. The van der Waals surface area contributed by atoms with E-state index in [0.717, 1.165) is 13.0 Å². The first-order chi connectivity index (χ1) is 5.83. The Hall–Kier alpha value is -0.570. The van der Waals surface area contributed by atoms with Gasteiger partial charge >= 0.3 is 0 Å². The van der Waals surface area contributed by atoms with Gasteiger partial charge in [0.05, 0.1) is 6.54 Å². The van der Waals surface area contributed by atoms with Crippen LogP contribution in [0.3, 0.4) is 0 Å². The Bertz CT molecular complexity index is 143. The van der Waals surface area contributed by atoms with Gasteiger partial charge in [-0.25, -0.2) is 0 Å². The Morgan fingerprint density at radius 1 is 1.50 bits per heavy atom. The van der Waals surface area contributed by atoms with E-state index in [9.17, 15) is 4.79 Å². The van der Waals surface area contributed by atoms with Crippen LogP contribution in [0.5, 0.6) is 0 Å². The fourth-order valence-electron chi connectivity index (χ4n) is 1.18. The van der Waals surface area contributed by atoms with Gasteiger partial charge in [0.15, 0.2) is 0 Å². The van der Waals surface area contributed by atoms with Crippen LogP contribution in [-0.2, 0) is 4.79 Å². The van der Waals surface area contributed by atoms with Crippen LogP contribution in [0.4, 0.5) is 0 Å². The second-order valence-corrected chi connectivity index (χ2v) is 3.36. The summed E-state index contributed by atoms with van der Waals surface area (Å²) in [4.78, 5) is 11.1. The molecule has 1 saturated carbocycles. The Balaban J connectivity index is 1.94. The zero-order valence-electron chi connectivity index (χ0n) is 7.73. The standard InChI is InChI=1S/C9H18N2O/c1-2-6-10-9(12)7-11-8-4-3-5-8/h8,11H,2-7H2,1H3,(H,10,12).